The van der Waals surface area contributed by atoms with Crippen molar-refractivity contribution in [2.75, 3.05) is 18.5 Å². The van der Waals surface area contributed by atoms with Gasteiger partial charge in [0.05, 0.1) is 17.1 Å². The molecule has 0 radical (unpaired) electrons. The van der Waals surface area contributed by atoms with E-state index < -0.39 is 5.91 Å². The molecule has 1 aliphatic rings. The van der Waals surface area contributed by atoms with Gasteiger partial charge in [0, 0.05) is 13.2 Å². The van der Waals surface area contributed by atoms with Gasteiger partial charge < -0.3 is 15.8 Å². The van der Waals surface area contributed by atoms with Crippen LogP contribution in [0.2, 0.25) is 0 Å². The largest absolute Gasteiger partial charge is 0.381 e. The Hall–Kier alpha value is -1.41. The van der Waals surface area contributed by atoms with Crippen LogP contribution >= 0.6 is 15.9 Å². The number of nitrogens with zero attached hydrogens (tertiary/aromatic N) is 2. The quantitative estimate of drug-likeness (QED) is 0.797. The van der Waals surface area contributed by atoms with E-state index in [-0.39, 0.29) is 22.3 Å². The fourth-order valence-electron chi connectivity index (χ4n) is 2.09. The third-order valence-electron chi connectivity index (χ3n) is 3.20. The fourth-order valence-corrected chi connectivity index (χ4v) is 2.20. The molecule has 2 amide bonds. The number of ether oxygens (including phenoxy) is 1. The zero-order valence-corrected chi connectivity index (χ0v) is 12.7. The molecule has 2 rings (SSSR count). The number of amides is 2. The van der Waals surface area contributed by atoms with Gasteiger partial charge in [0.15, 0.2) is 0 Å². The Morgan fingerprint density at radius 2 is 2.20 bits per heavy atom. The van der Waals surface area contributed by atoms with E-state index in [4.69, 9.17) is 10.5 Å². The molecule has 1 aromatic heterocycles. The van der Waals surface area contributed by atoms with Crippen LogP contribution in [-0.2, 0) is 9.53 Å². The number of nitrogens with one attached hydrogen (secondary N) is 1. The number of hydrogen-bond acceptors (Lipinski definition) is 4. The van der Waals surface area contributed by atoms with Crippen molar-refractivity contribution >= 4 is 33.6 Å². The lowest BCUT2D eigenvalue weighted by Crippen LogP contribution is -2.27. The number of alkyl halides is 1. The van der Waals surface area contributed by atoms with E-state index in [1.807, 2.05) is 0 Å². The molecule has 0 aromatic carbocycles. The number of anilines is 1. The lowest BCUT2D eigenvalue weighted by atomic mass is 10.1. The minimum Gasteiger partial charge on any atom is -0.381 e. The molecule has 1 saturated heterocycles. The van der Waals surface area contributed by atoms with Gasteiger partial charge in [0.2, 0.25) is 5.91 Å². The fraction of sp³-hybridized carbons (Fsp3) is 0.583. The Labute approximate surface area is 125 Å². The van der Waals surface area contributed by atoms with E-state index in [0.717, 1.165) is 12.8 Å². The number of rotatable bonds is 4. The smallest absolute Gasteiger partial charge is 0.254 e. The van der Waals surface area contributed by atoms with Crippen LogP contribution in [0.4, 0.5) is 5.82 Å². The van der Waals surface area contributed by atoms with Crippen molar-refractivity contribution in [2.24, 2.45) is 5.73 Å². The summed E-state index contributed by atoms with van der Waals surface area (Å²) in [6.07, 6.45) is 2.96. The lowest BCUT2D eigenvalue weighted by Gasteiger charge is -2.24. The van der Waals surface area contributed by atoms with Crippen molar-refractivity contribution in [3.63, 3.8) is 0 Å². The van der Waals surface area contributed by atoms with Gasteiger partial charge in [-0.05, 0) is 19.8 Å². The Kier molecular flexibility index (Phi) is 4.77. The molecule has 7 nitrogen and oxygen atoms in total. The first-order valence-electron chi connectivity index (χ1n) is 6.40. The molecule has 1 fully saturated rings. The van der Waals surface area contributed by atoms with Gasteiger partial charge in [0.25, 0.3) is 5.91 Å². The van der Waals surface area contributed by atoms with E-state index in [2.05, 4.69) is 26.3 Å². The molecule has 0 bridgehead atoms. The second kappa shape index (κ2) is 6.36. The van der Waals surface area contributed by atoms with Crippen LogP contribution in [0.25, 0.3) is 0 Å². The van der Waals surface area contributed by atoms with Gasteiger partial charge in [-0.3, -0.25) is 9.59 Å². The van der Waals surface area contributed by atoms with E-state index >= 15 is 0 Å². The van der Waals surface area contributed by atoms with Gasteiger partial charge in [0.1, 0.15) is 11.4 Å². The Balaban J connectivity index is 2.31. The van der Waals surface area contributed by atoms with E-state index in [9.17, 15) is 9.59 Å². The van der Waals surface area contributed by atoms with Crippen LogP contribution in [0.3, 0.4) is 0 Å². The Bertz CT molecular complexity index is 509. The monoisotopic (exact) mass is 344 g/mol. The predicted molar refractivity (Wildman–Crippen MR) is 76.9 cm³/mol. The number of carbonyl (C=O) groups is 2. The summed E-state index contributed by atoms with van der Waals surface area (Å²) < 4.78 is 6.97. The average Bonchev–Trinajstić information content (AvgIpc) is 2.83. The second-order valence-corrected chi connectivity index (χ2v) is 6.04. The predicted octanol–water partition coefficient (Wildman–Crippen LogP) is 1.06. The van der Waals surface area contributed by atoms with Crippen LogP contribution in [0.15, 0.2) is 6.20 Å². The highest BCUT2D eigenvalue weighted by Crippen LogP contribution is 2.27. The maximum absolute atomic E-state index is 11.8. The van der Waals surface area contributed by atoms with Crippen LogP contribution in [0, 0.1) is 0 Å². The minimum atomic E-state index is -0.610. The Morgan fingerprint density at radius 1 is 1.55 bits per heavy atom. The number of hydrogen-bond donors (Lipinski definition) is 2. The normalized spacial score (nSPS) is 17.7. The van der Waals surface area contributed by atoms with Crippen molar-refractivity contribution in [3.8, 4) is 0 Å². The minimum absolute atomic E-state index is 0.0952. The molecule has 0 aliphatic carbocycles. The van der Waals surface area contributed by atoms with Gasteiger partial charge >= 0.3 is 0 Å². The molecule has 1 unspecified atom stereocenters. The molecule has 1 aromatic rings. The number of halogens is 1. The summed E-state index contributed by atoms with van der Waals surface area (Å²) in [5.41, 5.74) is 5.55. The molecule has 0 saturated carbocycles. The Morgan fingerprint density at radius 3 is 2.75 bits per heavy atom. The van der Waals surface area contributed by atoms with Gasteiger partial charge in [-0.25, -0.2) is 4.68 Å². The summed E-state index contributed by atoms with van der Waals surface area (Å²) in [6, 6.07) is 0.0952. The zero-order chi connectivity index (χ0) is 14.7. The zero-order valence-electron chi connectivity index (χ0n) is 11.1. The molecule has 1 atom stereocenters. The molecular formula is C12H17BrN4O3. The molecule has 0 spiro atoms. The molecule has 2 heterocycles. The highest BCUT2D eigenvalue weighted by atomic mass is 79.9. The third-order valence-corrected chi connectivity index (χ3v) is 3.62. The maximum atomic E-state index is 11.8. The molecular weight excluding hydrogens is 328 g/mol. The van der Waals surface area contributed by atoms with Crippen LogP contribution < -0.4 is 11.1 Å². The average molecular weight is 345 g/mol. The van der Waals surface area contributed by atoms with Crippen molar-refractivity contribution in [2.45, 2.75) is 30.6 Å². The molecule has 3 N–H and O–H groups in total. The van der Waals surface area contributed by atoms with E-state index in [1.165, 1.54) is 6.20 Å². The van der Waals surface area contributed by atoms with Crippen LogP contribution in [-0.4, -0.2) is 39.6 Å². The molecule has 110 valence electrons. The summed E-state index contributed by atoms with van der Waals surface area (Å²) in [7, 11) is 0. The van der Waals surface area contributed by atoms with Crippen molar-refractivity contribution in [1.29, 1.82) is 0 Å². The first kappa shape index (κ1) is 15.0. The number of carbonyl (C=O) groups excluding carboxylic acids is 2. The van der Waals surface area contributed by atoms with Crippen molar-refractivity contribution < 1.29 is 14.3 Å². The van der Waals surface area contributed by atoms with Crippen LogP contribution in [0.1, 0.15) is 36.2 Å². The SMILES string of the molecule is CC(Br)C(=O)Nc1c(C(N)=O)cnn1C1CCOCC1. The highest BCUT2D eigenvalue weighted by molar-refractivity contribution is 9.10. The summed E-state index contributed by atoms with van der Waals surface area (Å²) >= 11 is 3.19. The van der Waals surface area contributed by atoms with E-state index in [0.29, 0.717) is 19.0 Å². The number of primary amides is 1. The molecule has 20 heavy (non-hydrogen) atoms. The second-order valence-electron chi connectivity index (χ2n) is 4.66. The van der Waals surface area contributed by atoms with Crippen LogP contribution in [0.5, 0.6) is 0 Å². The maximum Gasteiger partial charge on any atom is 0.254 e. The number of nitrogens with two attached hydrogens (primary N) is 1. The summed E-state index contributed by atoms with van der Waals surface area (Å²) in [5, 5.41) is 6.91. The van der Waals surface area contributed by atoms with Gasteiger partial charge in [-0.15, -0.1) is 0 Å². The first-order valence-corrected chi connectivity index (χ1v) is 7.32. The highest BCUT2D eigenvalue weighted by Gasteiger charge is 2.25. The first-order chi connectivity index (χ1) is 9.50. The van der Waals surface area contributed by atoms with Gasteiger partial charge in [-0.1, -0.05) is 15.9 Å². The van der Waals surface area contributed by atoms with Gasteiger partial charge in [-0.2, -0.15) is 5.10 Å². The molecule has 1 aliphatic heterocycles. The third kappa shape index (κ3) is 3.18. The van der Waals surface area contributed by atoms with E-state index in [1.54, 1.807) is 11.6 Å². The van der Waals surface area contributed by atoms with Crippen molar-refractivity contribution in [3.05, 3.63) is 11.8 Å². The summed E-state index contributed by atoms with van der Waals surface area (Å²) in [4.78, 5) is 22.9. The lowest BCUT2D eigenvalue weighted by molar-refractivity contribution is -0.115. The number of aromatic nitrogens is 2. The summed E-state index contributed by atoms with van der Waals surface area (Å²) in [6.45, 7) is 2.98. The topological polar surface area (TPSA) is 99.2 Å². The molecule has 8 heteroatoms. The van der Waals surface area contributed by atoms with Crippen molar-refractivity contribution in [1.82, 2.24) is 9.78 Å². The standard InChI is InChI=1S/C12H17BrN4O3/c1-7(13)12(19)16-11-9(10(14)18)6-15-17(11)8-2-4-20-5-3-8/h6-8H,2-5H2,1H3,(H2,14,18)(H,16,19). The summed E-state index contributed by atoms with van der Waals surface area (Å²) in [5.74, 6) is -0.497.